The monoisotopic (exact) mass is 269 g/mol. The van der Waals surface area contributed by atoms with E-state index in [0.717, 1.165) is 11.4 Å². The number of benzene rings is 1. The first kappa shape index (κ1) is 13.0. The Balaban J connectivity index is 2.41. The molecule has 0 fully saturated rings. The number of hydrogen-bond acceptors (Lipinski definition) is 4. The third-order valence-electron chi connectivity index (χ3n) is 2.67. The average molecular weight is 269 g/mol. The van der Waals surface area contributed by atoms with Gasteiger partial charge in [0, 0.05) is 0 Å². The standard InChI is InChI=1S/C12H13F2N3S/c1-3-9(15-2)11-16-17-12(18-11)10-7(13)5-4-6-8(10)14/h4-6,9,15H,3H2,1-2H3. The number of nitrogens with one attached hydrogen (secondary N) is 1. The molecule has 1 aromatic carbocycles. The molecule has 0 amide bonds. The Bertz CT molecular complexity index is 518. The molecule has 0 spiro atoms. The summed E-state index contributed by atoms with van der Waals surface area (Å²) in [6.07, 6.45) is 0.838. The van der Waals surface area contributed by atoms with Crippen LogP contribution >= 0.6 is 11.3 Å². The van der Waals surface area contributed by atoms with Crippen molar-refractivity contribution in [1.29, 1.82) is 0 Å². The predicted molar refractivity (Wildman–Crippen MR) is 67.4 cm³/mol. The van der Waals surface area contributed by atoms with Crippen LogP contribution in [0.2, 0.25) is 0 Å². The molecule has 18 heavy (non-hydrogen) atoms. The van der Waals surface area contributed by atoms with Crippen molar-refractivity contribution >= 4 is 11.3 Å². The van der Waals surface area contributed by atoms with Gasteiger partial charge in [-0.05, 0) is 25.6 Å². The maximum Gasteiger partial charge on any atom is 0.153 e. The Hall–Kier alpha value is -1.40. The molecule has 0 radical (unpaired) electrons. The highest BCUT2D eigenvalue weighted by atomic mass is 32.1. The lowest BCUT2D eigenvalue weighted by Crippen LogP contribution is -2.14. The van der Waals surface area contributed by atoms with Crippen LogP contribution in [0.3, 0.4) is 0 Å². The van der Waals surface area contributed by atoms with E-state index in [9.17, 15) is 8.78 Å². The van der Waals surface area contributed by atoms with Crippen LogP contribution in [-0.4, -0.2) is 17.2 Å². The molecule has 1 unspecified atom stereocenters. The molecule has 0 bridgehead atoms. The molecule has 1 atom stereocenters. The second-order valence-electron chi connectivity index (χ2n) is 3.79. The maximum absolute atomic E-state index is 13.6. The van der Waals surface area contributed by atoms with Crippen molar-refractivity contribution in [3.63, 3.8) is 0 Å². The molecule has 1 N–H and O–H groups in total. The number of hydrogen-bond donors (Lipinski definition) is 1. The molecule has 0 aliphatic heterocycles. The first-order valence-corrected chi connectivity index (χ1v) is 6.44. The molecule has 0 saturated carbocycles. The summed E-state index contributed by atoms with van der Waals surface area (Å²) in [5.74, 6) is -1.23. The van der Waals surface area contributed by atoms with Crippen molar-refractivity contribution in [2.24, 2.45) is 0 Å². The molecular formula is C12H13F2N3S. The molecule has 0 saturated heterocycles. The smallest absolute Gasteiger partial charge is 0.153 e. The predicted octanol–water partition coefficient (Wildman–Crippen LogP) is 3.15. The Morgan fingerprint density at radius 3 is 2.50 bits per heavy atom. The Kier molecular flexibility index (Phi) is 3.98. The van der Waals surface area contributed by atoms with Gasteiger partial charge in [0.2, 0.25) is 0 Å². The van der Waals surface area contributed by atoms with Gasteiger partial charge in [-0.2, -0.15) is 0 Å². The van der Waals surface area contributed by atoms with E-state index in [0.29, 0.717) is 0 Å². The van der Waals surface area contributed by atoms with Crippen LogP contribution < -0.4 is 5.32 Å². The maximum atomic E-state index is 13.6. The second kappa shape index (κ2) is 5.49. The van der Waals surface area contributed by atoms with Crippen molar-refractivity contribution in [3.8, 4) is 10.6 Å². The minimum absolute atomic E-state index is 0.0612. The zero-order valence-corrected chi connectivity index (χ0v) is 10.9. The lowest BCUT2D eigenvalue weighted by atomic mass is 10.2. The van der Waals surface area contributed by atoms with Crippen molar-refractivity contribution in [1.82, 2.24) is 15.5 Å². The van der Waals surface area contributed by atoms with Gasteiger partial charge in [0.15, 0.2) is 5.01 Å². The van der Waals surface area contributed by atoms with E-state index in [2.05, 4.69) is 15.5 Å². The van der Waals surface area contributed by atoms with E-state index in [1.165, 1.54) is 29.5 Å². The van der Waals surface area contributed by atoms with Gasteiger partial charge in [0.05, 0.1) is 11.6 Å². The van der Waals surface area contributed by atoms with E-state index in [1.807, 2.05) is 14.0 Å². The van der Waals surface area contributed by atoms with Crippen molar-refractivity contribution in [3.05, 3.63) is 34.8 Å². The van der Waals surface area contributed by atoms with Gasteiger partial charge in [0.1, 0.15) is 16.6 Å². The zero-order valence-electron chi connectivity index (χ0n) is 10.1. The van der Waals surface area contributed by atoms with Gasteiger partial charge in [-0.25, -0.2) is 8.78 Å². The quantitative estimate of drug-likeness (QED) is 0.926. The Morgan fingerprint density at radius 2 is 1.94 bits per heavy atom. The Morgan fingerprint density at radius 1 is 1.28 bits per heavy atom. The van der Waals surface area contributed by atoms with E-state index >= 15 is 0 Å². The van der Waals surface area contributed by atoms with Crippen molar-refractivity contribution in [2.45, 2.75) is 19.4 Å². The number of rotatable bonds is 4. The van der Waals surface area contributed by atoms with Crippen LogP contribution in [0.1, 0.15) is 24.4 Å². The molecule has 1 heterocycles. The van der Waals surface area contributed by atoms with Gasteiger partial charge in [-0.1, -0.05) is 24.3 Å². The summed E-state index contributed by atoms with van der Waals surface area (Å²) >= 11 is 1.21. The SMILES string of the molecule is CCC(NC)c1nnc(-c2c(F)cccc2F)s1. The highest BCUT2D eigenvalue weighted by Crippen LogP contribution is 2.31. The molecule has 6 heteroatoms. The molecule has 1 aromatic heterocycles. The van der Waals surface area contributed by atoms with Gasteiger partial charge in [0.25, 0.3) is 0 Å². The first-order chi connectivity index (χ1) is 8.67. The minimum Gasteiger partial charge on any atom is -0.311 e. The van der Waals surface area contributed by atoms with Crippen molar-refractivity contribution in [2.75, 3.05) is 7.05 Å². The summed E-state index contributed by atoms with van der Waals surface area (Å²) in [7, 11) is 1.82. The summed E-state index contributed by atoms with van der Waals surface area (Å²) in [6, 6.07) is 3.83. The van der Waals surface area contributed by atoms with E-state index in [4.69, 9.17) is 0 Å². The molecular weight excluding hydrogens is 256 g/mol. The number of aromatic nitrogens is 2. The summed E-state index contributed by atoms with van der Waals surface area (Å²) in [6.45, 7) is 2.01. The fourth-order valence-electron chi connectivity index (χ4n) is 1.68. The van der Waals surface area contributed by atoms with Crippen LogP contribution in [0.5, 0.6) is 0 Å². The Labute approximate surface area is 108 Å². The van der Waals surface area contributed by atoms with Crippen molar-refractivity contribution < 1.29 is 8.78 Å². The summed E-state index contributed by atoms with van der Waals surface area (Å²) in [5, 5.41) is 12.0. The molecule has 96 valence electrons. The highest BCUT2D eigenvalue weighted by molar-refractivity contribution is 7.14. The lowest BCUT2D eigenvalue weighted by molar-refractivity contribution is 0.568. The fourth-order valence-corrected chi connectivity index (χ4v) is 2.77. The number of nitrogens with zero attached hydrogens (tertiary/aromatic N) is 2. The van der Waals surface area contributed by atoms with Crippen LogP contribution in [0, 0.1) is 11.6 Å². The molecule has 0 aliphatic carbocycles. The van der Waals surface area contributed by atoms with Crippen LogP contribution in [0.25, 0.3) is 10.6 Å². The fraction of sp³-hybridized carbons (Fsp3) is 0.333. The topological polar surface area (TPSA) is 37.8 Å². The third-order valence-corrected chi connectivity index (χ3v) is 3.73. The van der Waals surface area contributed by atoms with E-state index in [-0.39, 0.29) is 16.6 Å². The van der Waals surface area contributed by atoms with Gasteiger partial charge < -0.3 is 5.32 Å². The summed E-state index contributed by atoms with van der Waals surface area (Å²) in [5.41, 5.74) is -0.104. The summed E-state index contributed by atoms with van der Waals surface area (Å²) in [4.78, 5) is 0. The van der Waals surface area contributed by atoms with Gasteiger partial charge in [-0.15, -0.1) is 10.2 Å². The normalized spacial score (nSPS) is 12.7. The zero-order chi connectivity index (χ0) is 13.1. The number of halogens is 2. The van der Waals surface area contributed by atoms with E-state index in [1.54, 1.807) is 0 Å². The van der Waals surface area contributed by atoms with Gasteiger partial charge in [-0.3, -0.25) is 0 Å². The van der Waals surface area contributed by atoms with Crippen LogP contribution in [-0.2, 0) is 0 Å². The second-order valence-corrected chi connectivity index (χ2v) is 4.80. The largest absolute Gasteiger partial charge is 0.311 e. The van der Waals surface area contributed by atoms with Gasteiger partial charge >= 0.3 is 0 Å². The third kappa shape index (κ3) is 2.39. The lowest BCUT2D eigenvalue weighted by Gasteiger charge is -2.08. The molecule has 2 rings (SSSR count). The molecule has 0 aliphatic rings. The molecule has 3 nitrogen and oxygen atoms in total. The summed E-state index contributed by atoms with van der Waals surface area (Å²) < 4.78 is 27.2. The first-order valence-electron chi connectivity index (χ1n) is 5.62. The van der Waals surface area contributed by atoms with Crippen LogP contribution in [0.4, 0.5) is 8.78 Å². The minimum atomic E-state index is -0.616. The highest BCUT2D eigenvalue weighted by Gasteiger charge is 2.18. The average Bonchev–Trinajstić information content (AvgIpc) is 2.80. The van der Waals surface area contributed by atoms with E-state index < -0.39 is 11.6 Å². The molecule has 2 aromatic rings. The van der Waals surface area contributed by atoms with Crippen LogP contribution in [0.15, 0.2) is 18.2 Å².